The van der Waals surface area contributed by atoms with E-state index in [1.54, 1.807) is 0 Å². The zero-order chi connectivity index (χ0) is 15.2. The van der Waals surface area contributed by atoms with Crippen LogP contribution in [0.5, 0.6) is 0 Å². The number of para-hydroxylation sites is 1. The van der Waals surface area contributed by atoms with Crippen molar-refractivity contribution >= 4 is 35.5 Å². The Bertz CT molecular complexity index is 651. The molecule has 2 aromatic rings. The lowest BCUT2D eigenvalue weighted by Crippen LogP contribution is -2.11. The number of anilines is 1. The van der Waals surface area contributed by atoms with E-state index in [-0.39, 0.29) is 0 Å². The molecule has 0 bridgehead atoms. The Labute approximate surface area is 130 Å². The van der Waals surface area contributed by atoms with Gasteiger partial charge in [-0.05, 0) is 17.7 Å². The number of thiol groups is 1. The lowest BCUT2D eigenvalue weighted by Gasteiger charge is -2.19. The third-order valence-corrected chi connectivity index (χ3v) is 3.52. The van der Waals surface area contributed by atoms with Crippen molar-refractivity contribution < 1.29 is 9.53 Å². The summed E-state index contributed by atoms with van der Waals surface area (Å²) in [6.07, 6.45) is 0. The molecule has 0 amide bonds. The first-order valence-electron chi connectivity index (χ1n) is 6.51. The highest BCUT2D eigenvalue weighted by Gasteiger charge is 2.15. The molecular formula is C17H17NO2S. The maximum Gasteiger partial charge on any atom is 0.298 e. The first-order chi connectivity index (χ1) is 10.1. The Morgan fingerprint density at radius 1 is 1.05 bits per heavy atom. The predicted octanol–water partition coefficient (Wildman–Crippen LogP) is 3.68. The van der Waals surface area contributed by atoms with Gasteiger partial charge in [-0.1, -0.05) is 42.5 Å². The lowest BCUT2D eigenvalue weighted by molar-refractivity contribution is -0.122. The number of carbonyl (C=O) groups excluding carboxylic acids is 1. The van der Waals surface area contributed by atoms with E-state index in [9.17, 15) is 4.79 Å². The van der Waals surface area contributed by atoms with Gasteiger partial charge in [0.15, 0.2) is 5.76 Å². The van der Waals surface area contributed by atoms with Crippen molar-refractivity contribution in [2.24, 2.45) is 0 Å². The van der Waals surface area contributed by atoms with E-state index in [0.29, 0.717) is 17.1 Å². The smallest absolute Gasteiger partial charge is 0.298 e. The van der Waals surface area contributed by atoms with Crippen LogP contribution in [0.3, 0.4) is 0 Å². The first-order valence-corrected chi connectivity index (χ1v) is 6.95. The largest absolute Gasteiger partial charge is 0.427 e. The van der Waals surface area contributed by atoms with Crippen LogP contribution in [0, 0.1) is 0 Å². The monoisotopic (exact) mass is 299 g/mol. The van der Waals surface area contributed by atoms with Crippen LogP contribution in [0.15, 0.2) is 54.6 Å². The van der Waals surface area contributed by atoms with Crippen molar-refractivity contribution in [2.45, 2.75) is 0 Å². The summed E-state index contributed by atoms with van der Waals surface area (Å²) in [5.41, 5.74) is 2.67. The van der Waals surface area contributed by atoms with Crippen LogP contribution < -0.4 is 4.90 Å². The van der Waals surface area contributed by atoms with Gasteiger partial charge in [0.1, 0.15) is 0 Å². The van der Waals surface area contributed by atoms with Crippen molar-refractivity contribution in [3.8, 4) is 0 Å². The summed E-state index contributed by atoms with van der Waals surface area (Å²) in [7, 11) is 3.89. The van der Waals surface area contributed by atoms with Crippen molar-refractivity contribution in [1.29, 1.82) is 0 Å². The van der Waals surface area contributed by atoms with E-state index >= 15 is 0 Å². The van der Waals surface area contributed by atoms with Crippen molar-refractivity contribution in [1.82, 2.24) is 0 Å². The molecular weight excluding hydrogens is 282 g/mol. The van der Waals surface area contributed by atoms with Crippen LogP contribution in [0.25, 0.3) is 10.7 Å². The van der Waals surface area contributed by atoms with Crippen molar-refractivity contribution in [2.75, 3.05) is 19.0 Å². The molecule has 0 heterocycles. The zero-order valence-electron chi connectivity index (χ0n) is 12.0. The van der Waals surface area contributed by atoms with Gasteiger partial charge in [0.25, 0.3) is 6.47 Å². The standard InChI is InChI=1S/C17H17NO2S/c1-18(2)15-11-7-6-10-14(15)16(20-12-19)17(21)13-8-4-3-5-9-13/h3-12,21H,1-2H3/b17-16-. The summed E-state index contributed by atoms with van der Waals surface area (Å²) in [5, 5.41) is 0. The summed E-state index contributed by atoms with van der Waals surface area (Å²) in [6, 6.07) is 17.3. The number of benzene rings is 2. The molecule has 0 aliphatic rings. The number of carbonyl (C=O) groups is 1. The minimum absolute atomic E-state index is 0.431. The molecule has 0 atom stereocenters. The van der Waals surface area contributed by atoms with E-state index in [2.05, 4.69) is 12.6 Å². The molecule has 2 rings (SSSR count). The lowest BCUT2D eigenvalue weighted by atomic mass is 10.1. The predicted molar refractivity (Wildman–Crippen MR) is 90.2 cm³/mol. The molecule has 0 aliphatic heterocycles. The number of hydrogen-bond donors (Lipinski definition) is 1. The zero-order valence-corrected chi connectivity index (χ0v) is 12.9. The molecule has 0 N–H and O–H groups in total. The molecule has 3 nitrogen and oxygen atoms in total. The van der Waals surface area contributed by atoms with Crippen LogP contribution in [0.4, 0.5) is 5.69 Å². The fraction of sp³-hybridized carbons (Fsp3) is 0.118. The van der Waals surface area contributed by atoms with E-state index in [0.717, 1.165) is 16.8 Å². The summed E-state index contributed by atoms with van der Waals surface area (Å²) in [6.45, 7) is 0.431. The van der Waals surface area contributed by atoms with Crippen LogP contribution in [0.1, 0.15) is 11.1 Å². The Hall–Kier alpha value is -2.20. The molecule has 0 aliphatic carbocycles. The van der Waals surface area contributed by atoms with Crippen molar-refractivity contribution in [3.63, 3.8) is 0 Å². The molecule has 0 radical (unpaired) electrons. The summed E-state index contributed by atoms with van der Waals surface area (Å²) in [5.74, 6) is 0.448. The third kappa shape index (κ3) is 3.47. The minimum Gasteiger partial charge on any atom is -0.427 e. The molecule has 2 aromatic carbocycles. The molecule has 4 heteroatoms. The fourth-order valence-electron chi connectivity index (χ4n) is 2.08. The van der Waals surface area contributed by atoms with E-state index in [1.165, 1.54) is 0 Å². The maximum atomic E-state index is 10.9. The van der Waals surface area contributed by atoms with E-state index in [1.807, 2.05) is 73.6 Å². The van der Waals surface area contributed by atoms with Crippen molar-refractivity contribution in [3.05, 3.63) is 65.7 Å². The van der Waals surface area contributed by atoms with Crippen LogP contribution >= 0.6 is 12.6 Å². The quantitative estimate of drug-likeness (QED) is 0.395. The number of nitrogens with zero attached hydrogens (tertiary/aromatic N) is 1. The average Bonchev–Trinajstić information content (AvgIpc) is 2.53. The van der Waals surface area contributed by atoms with Crippen LogP contribution in [-0.2, 0) is 9.53 Å². The van der Waals surface area contributed by atoms with Gasteiger partial charge < -0.3 is 9.64 Å². The third-order valence-electron chi connectivity index (χ3n) is 3.06. The minimum atomic E-state index is 0.431. The van der Waals surface area contributed by atoms with E-state index in [4.69, 9.17) is 4.74 Å². The van der Waals surface area contributed by atoms with Gasteiger partial charge in [-0.25, -0.2) is 0 Å². The summed E-state index contributed by atoms with van der Waals surface area (Å²) >= 11 is 4.55. The molecule has 0 saturated heterocycles. The molecule has 0 aromatic heterocycles. The van der Waals surface area contributed by atoms with E-state index < -0.39 is 0 Å². The second-order valence-corrected chi connectivity index (χ2v) is 5.12. The SMILES string of the molecule is CN(C)c1ccccc1/C(OC=O)=C(/S)c1ccccc1. The highest BCUT2D eigenvalue weighted by atomic mass is 32.1. The molecule has 0 unspecified atom stereocenters. The molecule has 0 saturated carbocycles. The maximum absolute atomic E-state index is 10.9. The average molecular weight is 299 g/mol. The van der Waals surface area contributed by atoms with Gasteiger partial charge in [0.2, 0.25) is 0 Å². The van der Waals surface area contributed by atoms with Gasteiger partial charge >= 0.3 is 0 Å². The van der Waals surface area contributed by atoms with Crippen LogP contribution in [-0.4, -0.2) is 20.6 Å². The second-order valence-electron chi connectivity index (χ2n) is 4.67. The van der Waals surface area contributed by atoms with Crippen LogP contribution in [0.2, 0.25) is 0 Å². The number of hydrogen-bond acceptors (Lipinski definition) is 4. The van der Waals surface area contributed by atoms with Gasteiger partial charge in [0.05, 0.1) is 4.91 Å². The molecule has 21 heavy (non-hydrogen) atoms. The molecule has 108 valence electrons. The van der Waals surface area contributed by atoms with Gasteiger partial charge in [-0.3, -0.25) is 4.79 Å². The highest BCUT2D eigenvalue weighted by molar-refractivity contribution is 7.90. The Morgan fingerprint density at radius 3 is 2.29 bits per heavy atom. The topological polar surface area (TPSA) is 29.5 Å². The first kappa shape index (κ1) is 15.2. The van der Waals surface area contributed by atoms with Gasteiger partial charge in [-0.2, -0.15) is 0 Å². The Kier molecular flexibility index (Phi) is 5.06. The summed E-state index contributed by atoms with van der Waals surface area (Å²) in [4.78, 5) is 13.5. The molecule has 0 fully saturated rings. The summed E-state index contributed by atoms with van der Waals surface area (Å²) < 4.78 is 5.23. The Morgan fingerprint density at radius 2 is 1.67 bits per heavy atom. The van der Waals surface area contributed by atoms with Gasteiger partial charge in [-0.15, -0.1) is 12.6 Å². The fourth-order valence-corrected chi connectivity index (χ4v) is 2.40. The highest BCUT2D eigenvalue weighted by Crippen LogP contribution is 2.34. The Balaban J connectivity index is 2.62. The number of ether oxygens (including phenoxy) is 1. The van der Waals surface area contributed by atoms with Gasteiger partial charge in [0, 0.05) is 25.3 Å². The number of rotatable bonds is 5. The normalized spacial score (nSPS) is 11.6. The molecule has 0 spiro atoms. The second kappa shape index (κ2) is 6.99.